The fraction of sp³-hybridized carbons (Fsp3) is 0.381. The van der Waals surface area contributed by atoms with Crippen molar-refractivity contribution in [1.82, 2.24) is 9.62 Å². The van der Waals surface area contributed by atoms with Crippen LogP contribution in [0.2, 0.25) is 0 Å². The van der Waals surface area contributed by atoms with E-state index in [2.05, 4.69) is 5.32 Å². The van der Waals surface area contributed by atoms with Crippen LogP contribution in [0.1, 0.15) is 12.0 Å². The summed E-state index contributed by atoms with van der Waals surface area (Å²) >= 11 is 0. The maximum absolute atomic E-state index is 14.0. The van der Waals surface area contributed by atoms with Gasteiger partial charge >= 0.3 is 0 Å². The minimum Gasteiger partial charge on any atom is -0.489 e. The van der Waals surface area contributed by atoms with Gasteiger partial charge in [0, 0.05) is 25.6 Å². The first-order valence-corrected chi connectivity index (χ1v) is 11.2. The summed E-state index contributed by atoms with van der Waals surface area (Å²) in [6, 6.07) is 13.8. The molecule has 0 spiro atoms. The highest BCUT2D eigenvalue weighted by molar-refractivity contribution is 7.88. The quantitative estimate of drug-likeness (QED) is 0.608. The largest absolute Gasteiger partial charge is 0.489 e. The molecular weight excluding hydrogens is 411 g/mol. The molecule has 1 aliphatic rings. The van der Waals surface area contributed by atoms with Gasteiger partial charge in [-0.25, -0.2) is 12.8 Å². The first-order chi connectivity index (χ1) is 14.4. The van der Waals surface area contributed by atoms with Crippen LogP contribution >= 0.6 is 0 Å². The predicted molar refractivity (Wildman–Crippen MR) is 110 cm³/mol. The summed E-state index contributed by atoms with van der Waals surface area (Å²) in [5.41, 5.74) is 0.0588. The van der Waals surface area contributed by atoms with Crippen molar-refractivity contribution in [3.05, 3.63) is 66.0 Å². The van der Waals surface area contributed by atoms with Crippen molar-refractivity contribution < 1.29 is 27.1 Å². The standard InChI is InChI=1S/C21H25FN2O5S/c1-28-12-11-23-21(25)20-13-18(29-17-8-3-2-4-9-17)14-24(20)30(26,27)15-16-7-5-6-10-19(16)22/h2-10,18,20H,11-15H2,1H3,(H,23,25)/t18-,20+/m0/s1. The van der Waals surface area contributed by atoms with Crippen LogP contribution in [-0.2, 0) is 25.3 Å². The van der Waals surface area contributed by atoms with E-state index in [1.165, 1.54) is 25.3 Å². The van der Waals surface area contributed by atoms with E-state index in [0.29, 0.717) is 12.4 Å². The fourth-order valence-electron chi connectivity index (χ4n) is 3.38. The highest BCUT2D eigenvalue weighted by Gasteiger charge is 2.44. The lowest BCUT2D eigenvalue weighted by Gasteiger charge is -2.23. The van der Waals surface area contributed by atoms with Crippen LogP contribution in [0, 0.1) is 5.82 Å². The smallest absolute Gasteiger partial charge is 0.238 e. The second-order valence-corrected chi connectivity index (χ2v) is 8.93. The van der Waals surface area contributed by atoms with Gasteiger partial charge in [-0.15, -0.1) is 0 Å². The number of rotatable bonds is 9. The zero-order chi connectivity index (χ0) is 21.6. The number of amides is 1. The Labute approximate surface area is 175 Å². The number of nitrogens with one attached hydrogen (secondary N) is 1. The van der Waals surface area contributed by atoms with Crippen LogP contribution in [0.15, 0.2) is 54.6 Å². The van der Waals surface area contributed by atoms with Gasteiger partial charge in [0.1, 0.15) is 23.7 Å². The number of hydrogen-bond donors (Lipinski definition) is 1. The number of halogens is 1. The Hall–Kier alpha value is -2.49. The molecule has 30 heavy (non-hydrogen) atoms. The summed E-state index contributed by atoms with van der Waals surface area (Å²) in [7, 11) is -2.45. The van der Waals surface area contributed by atoms with Crippen molar-refractivity contribution >= 4 is 15.9 Å². The Morgan fingerprint density at radius 3 is 2.57 bits per heavy atom. The lowest BCUT2D eigenvalue weighted by molar-refractivity contribution is -0.124. The summed E-state index contributed by atoms with van der Waals surface area (Å²) < 4.78 is 52.2. The number of carbonyl (C=O) groups excluding carboxylic acids is 1. The highest BCUT2D eigenvalue weighted by Crippen LogP contribution is 2.28. The van der Waals surface area contributed by atoms with Crippen molar-refractivity contribution in [2.24, 2.45) is 0 Å². The second kappa shape index (κ2) is 10.0. The monoisotopic (exact) mass is 436 g/mol. The fourth-order valence-corrected chi connectivity index (χ4v) is 5.14. The molecule has 3 rings (SSSR count). The van der Waals surface area contributed by atoms with E-state index in [9.17, 15) is 17.6 Å². The van der Waals surface area contributed by atoms with Gasteiger partial charge in [-0.1, -0.05) is 36.4 Å². The number of carbonyl (C=O) groups is 1. The third-order valence-corrected chi connectivity index (χ3v) is 6.62. The first kappa shape index (κ1) is 22.2. The molecule has 9 heteroatoms. The molecule has 0 aliphatic carbocycles. The minimum absolute atomic E-state index is 0.00798. The van der Waals surface area contributed by atoms with Crippen LogP contribution in [0.25, 0.3) is 0 Å². The van der Waals surface area contributed by atoms with Crippen molar-refractivity contribution in [2.75, 3.05) is 26.8 Å². The van der Waals surface area contributed by atoms with E-state index in [1.54, 1.807) is 18.2 Å². The maximum atomic E-state index is 14.0. The number of sulfonamides is 1. The SMILES string of the molecule is COCCNC(=O)[C@H]1C[C@H](Oc2ccccc2)CN1S(=O)(=O)Cc1ccccc1F. The van der Waals surface area contributed by atoms with Gasteiger partial charge < -0.3 is 14.8 Å². The predicted octanol–water partition coefficient (Wildman–Crippen LogP) is 1.94. The third-order valence-electron chi connectivity index (χ3n) is 4.82. The molecule has 1 amide bonds. The summed E-state index contributed by atoms with van der Waals surface area (Å²) in [4.78, 5) is 12.7. The summed E-state index contributed by atoms with van der Waals surface area (Å²) in [6.45, 7) is 0.579. The molecule has 0 radical (unpaired) electrons. The lowest BCUT2D eigenvalue weighted by Crippen LogP contribution is -2.46. The van der Waals surface area contributed by atoms with Gasteiger partial charge in [0.05, 0.1) is 18.9 Å². The Balaban J connectivity index is 1.79. The van der Waals surface area contributed by atoms with Crippen LogP contribution in [0.5, 0.6) is 5.75 Å². The summed E-state index contributed by atoms with van der Waals surface area (Å²) in [5, 5.41) is 2.69. The molecule has 162 valence electrons. The van der Waals surface area contributed by atoms with E-state index in [1.807, 2.05) is 18.2 Å². The van der Waals surface area contributed by atoms with Gasteiger partial charge in [0.15, 0.2) is 0 Å². The molecule has 1 aliphatic heterocycles. The van der Waals surface area contributed by atoms with E-state index in [0.717, 1.165) is 4.31 Å². The zero-order valence-corrected chi connectivity index (χ0v) is 17.5. The molecule has 0 unspecified atom stereocenters. The number of nitrogens with zero attached hydrogens (tertiary/aromatic N) is 1. The zero-order valence-electron chi connectivity index (χ0n) is 16.7. The Kier molecular flexibility index (Phi) is 7.41. The van der Waals surface area contributed by atoms with E-state index in [-0.39, 0.29) is 25.1 Å². The van der Waals surface area contributed by atoms with Crippen LogP contribution in [-0.4, -0.2) is 57.6 Å². The average molecular weight is 437 g/mol. The van der Waals surface area contributed by atoms with Gasteiger partial charge in [-0.05, 0) is 18.2 Å². The molecule has 1 fully saturated rings. The average Bonchev–Trinajstić information content (AvgIpc) is 3.15. The van der Waals surface area contributed by atoms with E-state index in [4.69, 9.17) is 9.47 Å². The summed E-state index contributed by atoms with van der Waals surface area (Å²) in [5.74, 6) is -0.962. The van der Waals surface area contributed by atoms with Crippen LogP contribution in [0.3, 0.4) is 0 Å². The molecule has 0 aromatic heterocycles. The topological polar surface area (TPSA) is 84.9 Å². The van der Waals surface area contributed by atoms with Gasteiger partial charge in [0.2, 0.25) is 15.9 Å². The van der Waals surface area contributed by atoms with Crippen LogP contribution < -0.4 is 10.1 Å². The van der Waals surface area contributed by atoms with Gasteiger partial charge in [-0.2, -0.15) is 4.31 Å². The van der Waals surface area contributed by atoms with Crippen molar-refractivity contribution in [2.45, 2.75) is 24.3 Å². The molecule has 0 bridgehead atoms. The summed E-state index contributed by atoms with van der Waals surface area (Å²) in [6.07, 6.45) is -0.300. The maximum Gasteiger partial charge on any atom is 0.238 e. The number of hydrogen-bond acceptors (Lipinski definition) is 5. The molecule has 2 aromatic rings. The minimum atomic E-state index is -3.96. The van der Waals surface area contributed by atoms with Gasteiger partial charge in [-0.3, -0.25) is 4.79 Å². The molecular formula is C21H25FN2O5S. The Morgan fingerprint density at radius 1 is 1.17 bits per heavy atom. The van der Waals surface area contributed by atoms with Crippen molar-refractivity contribution in [1.29, 1.82) is 0 Å². The van der Waals surface area contributed by atoms with Crippen molar-refractivity contribution in [3.8, 4) is 5.75 Å². The molecule has 2 atom stereocenters. The Morgan fingerprint density at radius 2 is 1.87 bits per heavy atom. The number of ether oxygens (including phenoxy) is 2. The molecule has 1 N–H and O–H groups in total. The number of methoxy groups -OCH3 is 1. The first-order valence-electron chi connectivity index (χ1n) is 9.62. The molecule has 2 aromatic carbocycles. The second-order valence-electron chi connectivity index (χ2n) is 7.01. The lowest BCUT2D eigenvalue weighted by atomic mass is 10.2. The molecule has 0 saturated carbocycles. The highest BCUT2D eigenvalue weighted by atomic mass is 32.2. The normalized spacial score (nSPS) is 19.5. The van der Waals surface area contributed by atoms with Crippen LogP contribution in [0.4, 0.5) is 4.39 Å². The number of benzene rings is 2. The van der Waals surface area contributed by atoms with E-state index >= 15 is 0 Å². The van der Waals surface area contributed by atoms with Crippen molar-refractivity contribution in [3.63, 3.8) is 0 Å². The Bertz CT molecular complexity index is 955. The van der Waals surface area contributed by atoms with E-state index < -0.39 is 39.6 Å². The molecule has 7 nitrogen and oxygen atoms in total. The van der Waals surface area contributed by atoms with Gasteiger partial charge in [0.25, 0.3) is 0 Å². The molecule has 1 saturated heterocycles. The third kappa shape index (κ3) is 5.56. The molecule has 1 heterocycles. The number of para-hydroxylation sites is 1.